The number of rotatable bonds is 8. The van der Waals surface area contributed by atoms with Crippen molar-refractivity contribution < 1.29 is 14.3 Å². The van der Waals surface area contributed by atoms with Gasteiger partial charge in [-0.2, -0.15) is 0 Å². The van der Waals surface area contributed by atoms with Crippen LogP contribution >= 0.6 is 12.2 Å². The van der Waals surface area contributed by atoms with Crippen LogP contribution < -0.4 is 16.4 Å². The minimum Gasteiger partial charge on any atom is -0.463 e. The number of H-pyrrole nitrogens is 1. The molecule has 2 aliphatic rings. The molecule has 3 heterocycles. The second-order valence-corrected chi connectivity index (χ2v) is 10.0. The number of likely N-dealkylation sites (tertiary alicyclic amines) is 1. The number of hydrogen-bond donors (Lipinski definition) is 5. The third kappa shape index (κ3) is 7.15. The van der Waals surface area contributed by atoms with Crippen LogP contribution in [0.25, 0.3) is 0 Å². The summed E-state index contributed by atoms with van der Waals surface area (Å²) in [6.07, 6.45) is 4.45. The highest BCUT2D eigenvalue weighted by Crippen LogP contribution is 2.27. The van der Waals surface area contributed by atoms with E-state index in [1.54, 1.807) is 0 Å². The Bertz CT molecular complexity index is 1110. The van der Waals surface area contributed by atoms with E-state index >= 15 is 0 Å². The predicted molar refractivity (Wildman–Crippen MR) is 148 cm³/mol. The minimum atomic E-state index is -0.630. The van der Waals surface area contributed by atoms with Crippen molar-refractivity contribution in [3.8, 4) is 0 Å². The summed E-state index contributed by atoms with van der Waals surface area (Å²) in [4.78, 5) is 22.0. The normalized spacial score (nSPS) is 20.0. The van der Waals surface area contributed by atoms with Crippen molar-refractivity contribution in [3.05, 3.63) is 53.9 Å². The van der Waals surface area contributed by atoms with Crippen LogP contribution in [-0.2, 0) is 14.3 Å². The molecule has 0 radical (unpaired) electrons. The Morgan fingerprint density at radius 1 is 1.27 bits per heavy atom. The molecule has 2 aromatic rings. The zero-order valence-corrected chi connectivity index (χ0v) is 22.0. The fraction of sp³-hybridized carbons (Fsp3) is 0.462. The van der Waals surface area contributed by atoms with E-state index in [2.05, 4.69) is 20.5 Å². The van der Waals surface area contributed by atoms with Crippen LogP contribution in [0.1, 0.15) is 37.9 Å². The second kappa shape index (κ2) is 12.3. The Balaban J connectivity index is 1.31. The molecule has 37 heavy (non-hydrogen) atoms. The number of fused-ring (bicyclic) bond motifs is 2. The van der Waals surface area contributed by atoms with Crippen molar-refractivity contribution in [3.63, 3.8) is 0 Å². The number of nitrogens with one attached hydrogen (secondary N) is 4. The first-order valence-electron chi connectivity index (χ1n) is 12.6. The Kier molecular flexibility index (Phi) is 8.91. The molecule has 3 atom stereocenters. The number of aromatic nitrogens is 1. The van der Waals surface area contributed by atoms with Crippen molar-refractivity contribution in [1.29, 1.82) is 5.41 Å². The SMILES string of the molecule is CC(C)[C@@H](N)C(=O)OCCNC(=S)Nc1ccc(C(=N)N=C(c2ccc[nH]2)N2C[C@H]3CC[C@@H](C2)O3)cc1. The lowest BCUT2D eigenvalue weighted by atomic mass is 10.1. The van der Waals surface area contributed by atoms with Crippen LogP contribution in [0.4, 0.5) is 5.69 Å². The molecule has 2 saturated heterocycles. The van der Waals surface area contributed by atoms with E-state index < -0.39 is 12.0 Å². The van der Waals surface area contributed by atoms with Gasteiger partial charge in [-0.15, -0.1) is 0 Å². The average molecular weight is 526 g/mol. The summed E-state index contributed by atoms with van der Waals surface area (Å²) in [5, 5.41) is 15.1. The van der Waals surface area contributed by atoms with E-state index in [9.17, 15) is 4.79 Å². The van der Waals surface area contributed by atoms with Gasteiger partial charge >= 0.3 is 5.97 Å². The molecule has 0 amide bonds. The number of esters is 1. The van der Waals surface area contributed by atoms with Crippen molar-refractivity contribution in [2.45, 2.75) is 44.9 Å². The molecule has 2 bridgehead atoms. The van der Waals surface area contributed by atoms with Gasteiger partial charge in [0.25, 0.3) is 0 Å². The number of nitrogens with zero attached hydrogens (tertiary/aromatic N) is 2. The standard InChI is InChI=1S/C26H35N7O3S/c1-16(2)22(27)25(34)35-13-12-30-26(37)31-18-7-5-17(6-8-18)23(28)32-24(21-4-3-11-29-21)33-14-19-9-10-20(15-33)36-19/h3-8,11,16,19-20,22,28-29H,9-10,12-15,27H2,1-2H3,(H2,30,31,37)/t19-,20+,22-/m1/s1. The number of nitrogens with two attached hydrogens (primary N) is 1. The molecular formula is C26H35N7O3S. The maximum absolute atomic E-state index is 11.8. The van der Waals surface area contributed by atoms with Gasteiger partial charge in [0.2, 0.25) is 0 Å². The number of ether oxygens (including phenoxy) is 2. The number of anilines is 1. The number of thiocarbonyl (C=S) groups is 1. The maximum atomic E-state index is 11.8. The highest BCUT2D eigenvalue weighted by atomic mass is 32.1. The Hall–Kier alpha value is -3.28. The van der Waals surface area contributed by atoms with Crippen molar-refractivity contribution >= 4 is 40.7 Å². The second-order valence-electron chi connectivity index (χ2n) is 9.63. The average Bonchev–Trinajstić information content (AvgIpc) is 3.54. The van der Waals surface area contributed by atoms with Crippen LogP contribution in [0.3, 0.4) is 0 Å². The molecule has 2 fully saturated rings. The lowest BCUT2D eigenvalue weighted by molar-refractivity contribution is -0.146. The number of amidine groups is 2. The van der Waals surface area contributed by atoms with Gasteiger partial charge in [0.15, 0.2) is 16.8 Å². The summed E-state index contributed by atoms with van der Waals surface area (Å²) in [6.45, 7) is 5.83. The lowest BCUT2D eigenvalue weighted by Crippen LogP contribution is -2.46. The van der Waals surface area contributed by atoms with Crippen LogP contribution in [0, 0.1) is 11.3 Å². The summed E-state index contributed by atoms with van der Waals surface area (Å²) in [5.74, 6) is 0.541. The zero-order chi connectivity index (χ0) is 26.4. The number of aliphatic imine (C=N–C) groups is 1. The maximum Gasteiger partial charge on any atom is 0.323 e. The van der Waals surface area contributed by atoms with Crippen molar-refractivity contribution in [2.24, 2.45) is 16.6 Å². The number of hydrogen-bond acceptors (Lipinski definition) is 6. The van der Waals surface area contributed by atoms with E-state index in [1.165, 1.54) is 0 Å². The Morgan fingerprint density at radius 3 is 2.59 bits per heavy atom. The van der Waals surface area contributed by atoms with Gasteiger partial charge in [-0.25, -0.2) is 4.99 Å². The fourth-order valence-electron chi connectivity index (χ4n) is 4.30. The summed E-state index contributed by atoms with van der Waals surface area (Å²) in [6, 6.07) is 10.6. The van der Waals surface area contributed by atoms with Gasteiger partial charge in [0.05, 0.1) is 24.4 Å². The van der Waals surface area contributed by atoms with E-state index in [4.69, 9.17) is 37.8 Å². The number of aromatic amines is 1. The largest absolute Gasteiger partial charge is 0.463 e. The first-order valence-corrected chi connectivity index (χ1v) is 13.0. The smallest absolute Gasteiger partial charge is 0.323 e. The molecule has 0 aliphatic carbocycles. The molecule has 1 aromatic carbocycles. The van der Waals surface area contributed by atoms with Crippen LogP contribution in [0.5, 0.6) is 0 Å². The molecule has 0 spiro atoms. The molecule has 0 saturated carbocycles. The summed E-state index contributed by atoms with van der Waals surface area (Å²) >= 11 is 5.32. The van der Waals surface area contributed by atoms with Crippen LogP contribution in [-0.4, -0.2) is 77.1 Å². The van der Waals surface area contributed by atoms with Gasteiger partial charge < -0.3 is 35.7 Å². The monoisotopic (exact) mass is 525 g/mol. The molecule has 0 unspecified atom stereocenters. The third-order valence-corrected chi connectivity index (χ3v) is 6.68. The lowest BCUT2D eigenvalue weighted by Gasteiger charge is -2.34. The van der Waals surface area contributed by atoms with Gasteiger partial charge in [-0.3, -0.25) is 10.2 Å². The van der Waals surface area contributed by atoms with Gasteiger partial charge in [0.1, 0.15) is 12.6 Å². The molecular weight excluding hydrogens is 490 g/mol. The topological polar surface area (TPSA) is 141 Å². The van der Waals surface area contributed by atoms with Gasteiger partial charge in [-0.1, -0.05) is 13.8 Å². The predicted octanol–water partition coefficient (Wildman–Crippen LogP) is 2.46. The molecule has 1 aromatic heterocycles. The number of benzene rings is 1. The summed E-state index contributed by atoms with van der Waals surface area (Å²) < 4.78 is 11.1. The molecule has 6 N–H and O–H groups in total. The number of morpholine rings is 1. The highest BCUT2D eigenvalue weighted by molar-refractivity contribution is 7.80. The number of carbonyl (C=O) groups excluding carboxylic acids is 1. The van der Waals surface area contributed by atoms with Gasteiger partial charge in [0, 0.05) is 30.5 Å². The first-order chi connectivity index (χ1) is 17.8. The minimum absolute atomic E-state index is 0.0212. The van der Waals surface area contributed by atoms with Crippen molar-refractivity contribution in [2.75, 3.05) is 31.6 Å². The quantitative estimate of drug-likeness (QED) is 0.116. The van der Waals surface area contributed by atoms with Crippen LogP contribution in [0.15, 0.2) is 47.6 Å². The molecule has 11 heteroatoms. The first kappa shape index (κ1) is 26.8. The Labute approximate surface area is 222 Å². The number of carbonyl (C=O) groups is 1. The molecule has 4 rings (SSSR count). The van der Waals surface area contributed by atoms with Gasteiger partial charge in [-0.05, 0) is 67.4 Å². The summed E-state index contributed by atoms with van der Waals surface area (Å²) in [7, 11) is 0. The van der Waals surface area contributed by atoms with E-state index in [-0.39, 0.29) is 30.6 Å². The van der Waals surface area contributed by atoms with E-state index in [0.29, 0.717) is 17.2 Å². The zero-order valence-electron chi connectivity index (χ0n) is 21.2. The molecule has 2 aliphatic heterocycles. The Morgan fingerprint density at radius 2 is 1.97 bits per heavy atom. The van der Waals surface area contributed by atoms with Crippen LogP contribution in [0.2, 0.25) is 0 Å². The van der Waals surface area contributed by atoms with Crippen molar-refractivity contribution in [1.82, 2.24) is 15.2 Å². The highest BCUT2D eigenvalue weighted by Gasteiger charge is 2.35. The fourth-order valence-corrected chi connectivity index (χ4v) is 4.52. The van der Waals surface area contributed by atoms with E-state index in [1.807, 2.05) is 56.4 Å². The third-order valence-electron chi connectivity index (χ3n) is 6.44. The molecule has 198 valence electrons. The van der Waals surface area contributed by atoms with E-state index in [0.717, 1.165) is 43.1 Å². The summed E-state index contributed by atoms with van der Waals surface area (Å²) in [5.41, 5.74) is 8.12. The molecule has 10 nitrogen and oxygen atoms in total.